The summed E-state index contributed by atoms with van der Waals surface area (Å²) in [7, 11) is 0. The minimum absolute atomic E-state index is 0.750. The van der Waals surface area contributed by atoms with Crippen molar-refractivity contribution >= 4 is 6.29 Å². The summed E-state index contributed by atoms with van der Waals surface area (Å²) < 4.78 is 0. The third-order valence-electron chi connectivity index (χ3n) is 0.940. The number of carbonyl (C=O) groups is 1. The molecule has 0 heterocycles. The van der Waals surface area contributed by atoms with Crippen molar-refractivity contribution in [3.63, 3.8) is 0 Å². The number of hydrogen-bond donors (Lipinski definition) is 0. The maximum Gasteiger partial charge on any atom is 0.116 e. The topological polar surface area (TPSA) is 17.1 Å². The lowest BCUT2D eigenvalue weighted by atomic mass is 10.2. The molecule has 0 saturated heterocycles. The van der Waals surface area contributed by atoms with Crippen molar-refractivity contribution in [3.8, 4) is 0 Å². The first-order chi connectivity index (χ1) is 5.81. The van der Waals surface area contributed by atoms with Gasteiger partial charge in [0.15, 0.2) is 0 Å². The Kier molecular flexibility index (Phi) is 13.6. The molecule has 0 aliphatic carbocycles. The van der Waals surface area contributed by atoms with Crippen molar-refractivity contribution in [2.75, 3.05) is 0 Å². The van der Waals surface area contributed by atoms with Crippen molar-refractivity contribution < 1.29 is 4.79 Å². The molecule has 0 spiro atoms. The summed E-state index contributed by atoms with van der Waals surface area (Å²) in [5.74, 6) is 0. The lowest BCUT2D eigenvalue weighted by molar-refractivity contribution is -0.106. The van der Waals surface area contributed by atoms with Gasteiger partial charge in [-0.05, 0) is 13.8 Å². The molecule has 0 aliphatic rings. The molecule has 1 rings (SSSR count). The van der Waals surface area contributed by atoms with Gasteiger partial charge in [-0.3, -0.25) is 0 Å². The van der Waals surface area contributed by atoms with Crippen LogP contribution in [0.4, 0.5) is 0 Å². The molecule has 1 aromatic carbocycles. The zero-order chi connectivity index (χ0) is 9.82. The van der Waals surface area contributed by atoms with Crippen LogP contribution in [0.3, 0.4) is 0 Å². The van der Waals surface area contributed by atoms with Gasteiger partial charge in [0.05, 0.1) is 0 Å². The second-order valence-corrected chi connectivity index (χ2v) is 1.89. The Morgan fingerprint density at radius 2 is 1.50 bits per heavy atom. The predicted molar refractivity (Wildman–Crippen MR) is 54.2 cm³/mol. The first kappa shape index (κ1) is 13.2. The van der Waals surface area contributed by atoms with E-state index in [-0.39, 0.29) is 0 Å². The third kappa shape index (κ3) is 11.4. The molecular weight excluding hydrogens is 148 g/mol. The van der Waals surface area contributed by atoms with Gasteiger partial charge in [-0.15, -0.1) is 13.2 Å². The van der Waals surface area contributed by atoms with E-state index in [1.807, 2.05) is 18.2 Å². The van der Waals surface area contributed by atoms with Crippen molar-refractivity contribution in [2.45, 2.75) is 13.8 Å². The number of carbonyl (C=O) groups excluding carboxylic acids is 1. The zero-order valence-corrected chi connectivity index (χ0v) is 7.79. The van der Waals surface area contributed by atoms with Gasteiger partial charge in [0.2, 0.25) is 0 Å². The lowest BCUT2D eigenvalue weighted by Crippen LogP contribution is -1.62. The minimum Gasteiger partial charge on any atom is -0.304 e. The highest BCUT2D eigenvalue weighted by molar-refractivity contribution is 5.44. The SMILES string of the molecule is C=C.CC=O.Cc1ccccc1. The standard InChI is InChI=1S/C7H8.C2H4O.C2H4/c1-7-5-3-2-4-6-7;1-2-3;1-2/h2-6H,1H3;2H,1H3;1-2H2. The quantitative estimate of drug-likeness (QED) is 0.425. The number of benzene rings is 1. The highest BCUT2D eigenvalue weighted by atomic mass is 16.1. The Balaban J connectivity index is 0. The summed E-state index contributed by atoms with van der Waals surface area (Å²) in [5.41, 5.74) is 1.32. The fourth-order valence-electron chi connectivity index (χ4n) is 0.534. The zero-order valence-electron chi connectivity index (χ0n) is 7.79. The molecule has 1 nitrogen and oxygen atoms in total. The molecular formula is C11H16O. The largest absolute Gasteiger partial charge is 0.304 e. The van der Waals surface area contributed by atoms with Crippen molar-refractivity contribution in [1.82, 2.24) is 0 Å². The van der Waals surface area contributed by atoms with E-state index < -0.39 is 0 Å². The van der Waals surface area contributed by atoms with Crippen LogP contribution >= 0.6 is 0 Å². The minimum atomic E-state index is 0.750. The average Bonchev–Trinajstić information content (AvgIpc) is 2.11. The van der Waals surface area contributed by atoms with E-state index in [4.69, 9.17) is 4.79 Å². The van der Waals surface area contributed by atoms with E-state index in [9.17, 15) is 0 Å². The summed E-state index contributed by atoms with van der Waals surface area (Å²) in [6, 6.07) is 10.3. The van der Waals surface area contributed by atoms with Gasteiger partial charge in [0, 0.05) is 0 Å². The smallest absolute Gasteiger partial charge is 0.116 e. The van der Waals surface area contributed by atoms with Crippen molar-refractivity contribution in [2.24, 2.45) is 0 Å². The van der Waals surface area contributed by atoms with Crippen LogP contribution in [0.25, 0.3) is 0 Å². The summed E-state index contributed by atoms with van der Waals surface area (Å²) in [5, 5.41) is 0. The van der Waals surface area contributed by atoms with E-state index in [0.717, 1.165) is 6.29 Å². The fraction of sp³-hybridized carbons (Fsp3) is 0.182. The molecule has 0 amide bonds. The van der Waals surface area contributed by atoms with E-state index in [1.165, 1.54) is 12.5 Å². The van der Waals surface area contributed by atoms with Gasteiger partial charge in [0.1, 0.15) is 6.29 Å². The molecule has 0 aliphatic heterocycles. The molecule has 0 unspecified atom stereocenters. The Labute approximate surface area is 74.7 Å². The molecule has 1 aromatic rings. The van der Waals surface area contributed by atoms with Gasteiger partial charge in [-0.25, -0.2) is 0 Å². The summed E-state index contributed by atoms with van der Waals surface area (Å²) in [4.78, 5) is 8.81. The molecule has 0 fully saturated rings. The van der Waals surface area contributed by atoms with Crippen LogP contribution in [-0.2, 0) is 4.79 Å². The predicted octanol–water partition coefficient (Wildman–Crippen LogP) is 3.00. The maximum absolute atomic E-state index is 8.81. The second-order valence-electron chi connectivity index (χ2n) is 1.89. The summed E-state index contributed by atoms with van der Waals surface area (Å²) >= 11 is 0. The monoisotopic (exact) mass is 164 g/mol. The summed E-state index contributed by atoms with van der Waals surface area (Å²) in [6.45, 7) is 9.53. The Morgan fingerprint density at radius 1 is 1.17 bits per heavy atom. The summed E-state index contributed by atoms with van der Waals surface area (Å²) in [6.07, 6.45) is 0.750. The number of aldehydes is 1. The molecule has 66 valence electrons. The molecule has 0 N–H and O–H groups in total. The Bertz CT molecular complexity index is 179. The third-order valence-corrected chi connectivity index (χ3v) is 0.940. The van der Waals surface area contributed by atoms with Crippen LogP contribution in [0, 0.1) is 6.92 Å². The second kappa shape index (κ2) is 12.3. The number of hydrogen-bond acceptors (Lipinski definition) is 1. The van der Waals surface area contributed by atoms with E-state index in [0.29, 0.717) is 0 Å². The number of aryl methyl sites for hydroxylation is 1. The van der Waals surface area contributed by atoms with Crippen LogP contribution in [0.5, 0.6) is 0 Å². The molecule has 1 heteroatoms. The average molecular weight is 164 g/mol. The highest BCUT2D eigenvalue weighted by Crippen LogP contribution is 1.92. The number of rotatable bonds is 0. The van der Waals surface area contributed by atoms with Gasteiger partial charge in [-0.2, -0.15) is 0 Å². The fourth-order valence-corrected chi connectivity index (χ4v) is 0.534. The van der Waals surface area contributed by atoms with Crippen LogP contribution in [0.15, 0.2) is 43.5 Å². The normalized spacial score (nSPS) is 6.50. The van der Waals surface area contributed by atoms with Crippen molar-refractivity contribution in [3.05, 3.63) is 49.1 Å². The van der Waals surface area contributed by atoms with E-state index in [1.54, 1.807) is 0 Å². The Morgan fingerprint density at radius 3 is 1.67 bits per heavy atom. The first-order valence-corrected chi connectivity index (χ1v) is 3.72. The van der Waals surface area contributed by atoms with Gasteiger partial charge >= 0.3 is 0 Å². The highest BCUT2D eigenvalue weighted by Gasteiger charge is 1.72. The Hall–Kier alpha value is -1.37. The molecule has 0 aromatic heterocycles. The van der Waals surface area contributed by atoms with Crippen LogP contribution < -0.4 is 0 Å². The van der Waals surface area contributed by atoms with Crippen LogP contribution in [0.1, 0.15) is 12.5 Å². The van der Waals surface area contributed by atoms with Crippen LogP contribution in [-0.4, -0.2) is 6.29 Å². The molecule has 0 bridgehead atoms. The van der Waals surface area contributed by atoms with E-state index >= 15 is 0 Å². The molecule has 0 saturated carbocycles. The maximum atomic E-state index is 8.81. The van der Waals surface area contributed by atoms with Gasteiger partial charge in [-0.1, -0.05) is 35.9 Å². The van der Waals surface area contributed by atoms with Crippen LogP contribution in [0.2, 0.25) is 0 Å². The van der Waals surface area contributed by atoms with E-state index in [2.05, 4.69) is 32.2 Å². The molecule has 0 radical (unpaired) electrons. The first-order valence-electron chi connectivity index (χ1n) is 3.72. The van der Waals surface area contributed by atoms with Crippen molar-refractivity contribution in [1.29, 1.82) is 0 Å². The van der Waals surface area contributed by atoms with Gasteiger partial charge in [0.25, 0.3) is 0 Å². The molecule has 12 heavy (non-hydrogen) atoms. The van der Waals surface area contributed by atoms with Gasteiger partial charge < -0.3 is 4.79 Å². The lowest BCUT2D eigenvalue weighted by Gasteiger charge is -1.82. The molecule has 0 atom stereocenters.